The molecule has 3 fully saturated rings. The van der Waals surface area contributed by atoms with Gasteiger partial charge in [-0.3, -0.25) is 9.59 Å². The first-order valence-electron chi connectivity index (χ1n) is 9.90. The molecule has 0 aromatic carbocycles. The Morgan fingerprint density at radius 3 is 2.70 bits per heavy atom. The highest BCUT2D eigenvalue weighted by Gasteiger charge is 2.56. The highest BCUT2D eigenvalue weighted by atomic mass is 79.9. The van der Waals surface area contributed by atoms with Crippen molar-refractivity contribution in [3.05, 3.63) is 21.0 Å². The van der Waals surface area contributed by atoms with Crippen molar-refractivity contribution in [3.63, 3.8) is 0 Å². The molecule has 6 nitrogen and oxygen atoms in total. The lowest BCUT2D eigenvalue weighted by Gasteiger charge is -2.62. The van der Waals surface area contributed by atoms with Gasteiger partial charge in [-0.15, -0.1) is 0 Å². The number of rotatable bonds is 6. The first kappa shape index (κ1) is 20.4. The molecule has 3 saturated carbocycles. The number of hydrogen-bond acceptors (Lipinski definition) is 4. The van der Waals surface area contributed by atoms with Gasteiger partial charge in [-0.05, 0) is 57.9 Å². The summed E-state index contributed by atoms with van der Waals surface area (Å²) in [7, 11) is 0. The van der Waals surface area contributed by atoms with Crippen molar-refractivity contribution in [2.75, 3.05) is 11.9 Å². The molecular weight excluding hydrogens is 408 g/mol. The predicted octanol–water partition coefficient (Wildman–Crippen LogP) is 3.26. The number of amides is 1. The smallest absolute Gasteiger partial charge is 0.283 e. The summed E-state index contributed by atoms with van der Waals surface area (Å²) < 4.78 is 1.65. The summed E-state index contributed by atoms with van der Waals surface area (Å²) in [4.78, 5) is 24.6. The third-order valence-electron chi connectivity index (χ3n) is 6.68. The van der Waals surface area contributed by atoms with Crippen LogP contribution in [0.3, 0.4) is 0 Å². The minimum absolute atomic E-state index is 0.0669. The first-order valence-corrected chi connectivity index (χ1v) is 10.7. The van der Waals surface area contributed by atoms with Crippen LogP contribution >= 0.6 is 15.9 Å². The Morgan fingerprint density at radius 1 is 1.41 bits per heavy atom. The van der Waals surface area contributed by atoms with E-state index in [1.54, 1.807) is 6.20 Å². The van der Waals surface area contributed by atoms with Crippen molar-refractivity contribution in [1.82, 2.24) is 15.1 Å². The fraction of sp³-hybridized carbons (Fsp3) is 0.750. The molecule has 0 radical (unpaired) electrons. The van der Waals surface area contributed by atoms with Crippen molar-refractivity contribution in [2.45, 2.75) is 60.0 Å². The van der Waals surface area contributed by atoms with Gasteiger partial charge in [-0.2, -0.15) is 5.10 Å². The number of halogens is 1. The summed E-state index contributed by atoms with van der Waals surface area (Å²) in [6.07, 6.45) is 4.09. The molecule has 1 amide bonds. The topological polar surface area (TPSA) is 76.0 Å². The van der Waals surface area contributed by atoms with Gasteiger partial charge in [0.2, 0.25) is 5.91 Å². The van der Waals surface area contributed by atoms with E-state index >= 15 is 0 Å². The number of fused-ring (bicyclic) bond motifs is 2. The van der Waals surface area contributed by atoms with E-state index in [0.29, 0.717) is 34.3 Å². The summed E-state index contributed by atoms with van der Waals surface area (Å²) in [5.74, 6) is 2.19. The van der Waals surface area contributed by atoms with Crippen LogP contribution in [0.25, 0.3) is 0 Å². The molecule has 1 aromatic rings. The number of carbonyl (C=O) groups is 1. The summed E-state index contributed by atoms with van der Waals surface area (Å²) in [5, 5.41) is 10.6. The third-order valence-corrected chi connectivity index (χ3v) is 7.45. The molecule has 150 valence electrons. The second kappa shape index (κ2) is 7.57. The molecule has 0 saturated heterocycles. The lowest BCUT2D eigenvalue weighted by Crippen LogP contribution is -2.58. The standard InChI is InChI=1S/C20H31BrN4O2/c1-11(2)8-22-17(26)10-25-19(27)18(21)16(9-23-25)24-15-7-13-6-14(12(15)3)20(13,4)5/h9,11-15,24H,6-8,10H2,1-5H3,(H,22,26)/t12-,13-,14+,15-/m1/s1. The van der Waals surface area contributed by atoms with Crippen molar-refractivity contribution >= 4 is 27.5 Å². The number of anilines is 1. The molecule has 3 aliphatic carbocycles. The normalized spacial score (nSPS) is 28.6. The first-order chi connectivity index (χ1) is 12.6. The predicted molar refractivity (Wildman–Crippen MR) is 111 cm³/mol. The van der Waals surface area contributed by atoms with Gasteiger partial charge in [0, 0.05) is 12.6 Å². The summed E-state index contributed by atoms with van der Waals surface area (Å²) in [6.45, 7) is 11.6. The monoisotopic (exact) mass is 438 g/mol. The van der Waals surface area contributed by atoms with Crippen LogP contribution in [-0.2, 0) is 11.3 Å². The molecule has 4 rings (SSSR count). The van der Waals surface area contributed by atoms with E-state index in [2.05, 4.69) is 52.4 Å². The zero-order valence-electron chi connectivity index (χ0n) is 16.9. The van der Waals surface area contributed by atoms with Gasteiger partial charge in [0.25, 0.3) is 5.56 Å². The summed E-state index contributed by atoms with van der Waals surface area (Å²) in [5.41, 5.74) is 0.864. The van der Waals surface area contributed by atoms with Crippen LogP contribution in [0.5, 0.6) is 0 Å². The van der Waals surface area contributed by atoms with Crippen LogP contribution in [0.4, 0.5) is 5.69 Å². The van der Waals surface area contributed by atoms with E-state index in [1.807, 2.05) is 13.8 Å². The molecule has 7 heteroatoms. The second-order valence-corrected chi connectivity index (χ2v) is 10.0. The Hall–Kier alpha value is -1.37. The van der Waals surface area contributed by atoms with Crippen molar-refractivity contribution in [3.8, 4) is 0 Å². The van der Waals surface area contributed by atoms with Gasteiger partial charge in [0.15, 0.2) is 0 Å². The Morgan fingerprint density at radius 2 is 2.11 bits per heavy atom. The number of nitrogens with zero attached hydrogens (tertiary/aromatic N) is 2. The molecule has 4 atom stereocenters. The third kappa shape index (κ3) is 3.93. The van der Waals surface area contributed by atoms with Gasteiger partial charge in [0.1, 0.15) is 11.0 Å². The fourth-order valence-corrected chi connectivity index (χ4v) is 5.15. The largest absolute Gasteiger partial charge is 0.380 e. The van der Waals surface area contributed by atoms with Crippen LogP contribution in [0.1, 0.15) is 47.5 Å². The second-order valence-electron chi connectivity index (χ2n) is 9.24. The fourth-order valence-electron chi connectivity index (χ4n) is 4.73. The molecule has 1 aromatic heterocycles. The Bertz CT molecular complexity index is 774. The molecule has 0 spiro atoms. The maximum absolute atomic E-state index is 12.6. The highest BCUT2D eigenvalue weighted by Crippen LogP contribution is 2.61. The summed E-state index contributed by atoms with van der Waals surface area (Å²) >= 11 is 3.41. The van der Waals surface area contributed by atoms with Crippen LogP contribution in [0.2, 0.25) is 0 Å². The number of aromatic nitrogens is 2. The van der Waals surface area contributed by atoms with Gasteiger partial charge < -0.3 is 10.6 Å². The van der Waals surface area contributed by atoms with Crippen LogP contribution < -0.4 is 16.2 Å². The molecule has 2 bridgehead atoms. The van der Waals surface area contributed by atoms with E-state index < -0.39 is 0 Å². The zero-order valence-corrected chi connectivity index (χ0v) is 18.5. The van der Waals surface area contributed by atoms with E-state index in [0.717, 1.165) is 23.9 Å². The minimum atomic E-state index is -0.284. The summed E-state index contributed by atoms with van der Waals surface area (Å²) in [6, 6.07) is 0.351. The van der Waals surface area contributed by atoms with Gasteiger partial charge in [-0.25, -0.2) is 4.68 Å². The minimum Gasteiger partial charge on any atom is -0.380 e. The van der Waals surface area contributed by atoms with E-state index in [-0.39, 0.29) is 18.0 Å². The number of carbonyl (C=O) groups excluding carboxylic acids is 1. The van der Waals surface area contributed by atoms with Crippen molar-refractivity contribution < 1.29 is 4.79 Å². The van der Waals surface area contributed by atoms with Gasteiger partial charge in [-0.1, -0.05) is 34.6 Å². The average molecular weight is 439 g/mol. The quantitative estimate of drug-likeness (QED) is 0.714. The maximum Gasteiger partial charge on any atom is 0.283 e. The van der Waals surface area contributed by atoms with E-state index in [9.17, 15) is 9.59 Å². The number of nitrogens with one attached hydrogen (secondary N) is 2. The number of hydrogen-bond donors (Lipinski definition) is 2. The van der Waals surface area contributed by atoms with Gasteiger partial charge in [0.05, 0.1) is 11.9 Å². The average Bonchev–Trinajstić information content (AvgIpc) is 2.60. The van der Waals surface area contributed by atoms with E-state index in [1.165, 1.54) is 11.1 Å². The van der Waals surface area contributed by atoms with Crippen LogP contribution in [0, 0.1) is 29.1 Å². The Kier molecular flexibility index (Phi) is 5.71. The molecule has 1 heterocycles. The highest BCUT2D eigenvalue weighted by molar-refractivity contribution is 9.10. The van der Waals surface area contributed by atoms with Crippen LogP contribution in [-0.4, -0.2) is 28.3 Å². The maximum atomic E-state index is 12.6. The molecule has 27 heavy (non-hydrogen) atoms. The SMILES string of the molecule is CC(C)CNC(=O)Cn1ncc(N[C@@H]2C[C@H]3C[C@@H]([C@H]2C)C3(C)C)c(Br)c1=O. The van der Waals surface area contributed by atoms with E-state index in [4.69, 9.17) is 0 Å². The van der Waals surface area contributed by atoms with Crippen LogP contribution in [0.15, 0.2) is 15.5 Å². The molecule has 0 aliphatic heterocycles. The molecule has 2 N–H and O–H groups in total. The van der Waals surface area contributed by atoms with Crippen molar-refractivity contribution in [1.29, 1.82) is 0 Å². The Balaban J connectivity index is 1.67. The van der Waals surface area contributed by atoms with Gasteiger partial charge >= 0.3 is 0 Å². The lowest BCUT2D eigenvalue weighted by molar-refractivity contribution is -0.122. The molecule has 0 unspecified atom stereocenters. The zero-order chi connectivity index (χ0) is 19.9. The lowest BCUT2D eigenvalue weighted by atomic mass is 9.45. The molecule has 3 aliphatic rings. The van der Waals surface area contributed by atoms with Crippen molar-refractivity contribution in [2.24, 2.45) is 29.1 Å². The Labute approximate surface area is 169 Å². The molecular formula is C20H31BrN4O2.